The van der Waals surface area contributed by atoms with E-state index in [1.165, 1.54) is 7.11 Å². The molecule has 3 heteroatoms. The molecule has 0 heterocycles. The molecule has 0 amide bonds. The molecule has 0 rings (SSSR count). The molecule has 0 saturated heterocycles. The molecule has 0 saturated carbocycles. The number of esters is 1. The van der Waals surface area contributed by atoms with Gasteiger partial charge in [-0.05, 0) is 6.42 Å². The van der Waals surface area contributed by atoms with Crippen LogP contribution in [0.4, 0.5) is 0 Å². The van der Waals surface area contributed by atoms with Gasteiger partial charge >= 0.3 is 5.97 Å². The number of carbonyl (C=O) groups is 2. The van der Waals surface area contributed by atoms with E-state index in [1.54, 1.807) is 0 Å². The molecule has 82 valence electrons. The minimum Gasteiger partial charge on any atom is -0.468 e. The van der Waals surface area contributed by atoms with Crippen LogP contribution in [-0.2, 0) is 14.3 Å². The predicted molar refractivity (Wildman–Crippen MR) is 54.9 cm³/mol. The molecular formula is C11H20O3. The summed E-state index contributed by atoms with van der Waals surface area (Å²) in [6.45, 7) is 5.66. The molecule has 0 N–H and O–H groups in total. The van der Waals surface area contributed by atoms with Gasteiger partial charge in [0.15, 0.2) is 0 Å². The quantitative estimate of drug-likeness (QED) is 0.487. The van der Waals surface area contributed by atoms with Crippen molar-refractivity contribution in [2.24, 2.45) is 11.8 Å². The third-order valence-corrected chi connectivity index (χ3v) is 2.24. The fourth-order valence-corrected chi connectivity index (χ4v) is 1.33. The van der Waals surface area contributed by atoms with Gasteiger partial charge in [-0.2, -0.15) is 0 Å². The maximum atomic E-state index is 11.6. The Morgan fingerprint density at radius 3 is 2.21 bits per heavy atom. The Morgan fingerprint density at radius 1 is 1.29 bits per heavy atom. The fraction of sp³-hybridized carbons (Fsp3) is 0.818. The highest BCUT2D eigenvalue weighted by Crippen LogP contribution is 2.16. The Labute approximate surface area is 85.8 Å². The van der Waals surface area contributed by atoms with Crippen LogP contribution in [0.5, 0.6) is 0 Å². The van der Waals surface area contributed by atoms with E-state index < -0.39 is 11.9 Å². The van der Waals surface area contributed by atoms with Crippen LogP contribution in [0.2, 0.25) is 0 Å². The Hall–Kier alpha value is -0.860. The molecule has 0 bridgehead atoms. The number of rotatable bonds is 6. The largest absolute Gasteiger partial charge is 0.468 e. The van der Waals surface area contributed by atoms with Gasteiger partial charge in [-0.3, -0.25) is 9.59 Å². The molecule has 3 nitrogen and oxygen atoms in total. The van der Waals surface area contributed by atoms with Crippen molar-refractivity contribution >= 4 is 11.8 Å². The summed E-state index contributed by atoms with van der Waals surface area (Å²) in [5.74, 6) is -1.06. The summed E-state index contributed by atoms with van der Waals surface area (Å²) >= 11 is 0. The molecular weight excluding hydrogens is 180 g/mol. The lowest BCUT2D eigenvalue weighted by molar-refractivity contribution is -0.150. The van der Waals surface area contributed by atoms with E-state index in [1.807, 2.05) is 20.8 Å². The number of unbranched alkanes of at least 4 members (excludes halogenated alkanes) is 1. The zero-order chi connectivity index (χ0) is 11.1. The van der Waals surface area contributed by atoms with E-state index in [0.29, 0.717) is 6.42 Å². The highest BCUT2D eigenvalue weighted by molar-refractivity contribution is 5.99. The van der Waals surface area contributed by atoms with Crippen molar-refractivity contribution in [2.75, 3.05) is 7.11 Å². The van der Waals surface area contributed by atoms with Gasteiger partial charge in [0, 0.05) is 5.92 Å². The van der Waals surface area contributed by atoms with Gasteiger partial charge in [0.25, 0.3) is 0 Å². The third kappa shape index (κ3) is 3.90. The lowest BCUT2D eigenvalue weighted by atomic mass is 9.91. The van der Waals surface area contributed by atoms with Crippen LogP contribution >= 0.6 is 0 Å². The Morgan fingerprint density at radius 2 is 1.86 bits per heavy atom. The standard InChI is InChI=1S/C11H20O3/c1-5-6-7-9(11(13)14-4)10(12)8(2)3/h8-9H,5-7H2,1-4H3. The van der Waals surface area contributed by atoms with Crippen LogP contribution in [0.3, 0.4) is 0 Å². The minimum absolute atomic E-state index is 0.00898. The Balaban J connectivity index is 4.38. The van der Waals surface area contributed by atoms with Gasteiger partial charge in [-0.25, -0.2) is 0 Å². The van der Waals surface area contributed by atoms with Crippen molar-refractivity contribution in [1.29, 1.82) is 0 Å². The highest BCUT2D eigenvalue weighted by Gasteiger charge is 2.28. The molecule has 0 aromatic carbocycles. The number of Topliss-reactive ketones (excluding diaryl/α,β-unsaturated/α-hetero) is 1. The summed E-state index contributed by atoms with van der Waals surface area (Å²) in [5, 5.41) is 0. The molecule has 1 unspecified atom stereocenters. The zero-order valence-electron chi connectivity index (χ0n) is 9.50. The van der Waals surface area contributed by atoms with Crippen LogP contribution in [0.25, 0.3) is 0 Å². The second-order valence-electron chi connectivity index (χ2n) is 3.78. The van der Waals surface area contributed by atoms with Crippen LogP contribution in [0.15, 0.2) is 0 Å². The van der Waals surface area contributed by atoms with E-state index in [2.05, 4.69) is 4.74 Å². The summed E-state index contributed by atoms with van der Waals surface area (Å²) < 4.78 is 4.62. The van der Waals surface area contributed by atoms with Gasteiger partial charge in [0.05, 0.1) is 7.11 Å². The van der Waals surface area contributed by atoms with Crippen LogP contribution in [0, 0.1) is 11.8 Å². The molecule has 0 aliphatic carbocycles. The molecule has 0 aromatic rings. The molecule has 0 fully saturated rings. The van der Waals surface area contributed by atoms with Gasteiger partial charge in [0.1, 0.15) is 11.7 Å². The molecule has 0 aromatic heterocycles. The highest BCUT2D eigenvalue weighted by atomic mass is 16.5. The lowest BCUT2D eigenvalue weighted by Crippen LogP contribution is -2.28. The van der Waals surface area contributed by atoms with Gasteiger partial charge in [0.2, 0.25) is 0 Å². The normalized spacial score (nSPS) is 12.6. The minimum atomic E-state index is -0.556. The van der Waals surface area contributed by atoms with Gasteiger partial charge in [-0.1, -0.05) is 33.6 Å². The van der Waals surface area contributed by atoms with Crippen molar-refractivity contribution < 1.29 is 14.3 Å². The van der Waals surface area contributed by atoms with Crippen molar-refractivity contribution in [2.45, 2.75) is 40.0 Å². The van der Waals surface area contributed by atoms with Gasteiger partial charge < -0.3 is 4.74 Å². The monoisotopic (exact) mass is 200 g/mol. The first-order valence-corrected chi connectivity index (χ1v) is 5.16. The summed E-state index contributed by atoms with van der Waals surface area (Å²) in [6.07, 6.45) is 2.48. The number of hydrogen-bond acceptors (Lipinski definition) is 3. The van der Waals surface area contributed by atoms with E-state index in [4.69, 9.17) is 0 Å². The maximum Gasteiger partial charge on any atom is 0.316 e. The van der Waals surface area contributed by atoms with E-state index in [9.17, 15) is 9.59 Å². The number of ketones is 1. The van der Waals surface area contributed by atoms with Crippen LogP contribution in [-0.4, -0.2) is 18.9 Å². The van der Waals surface area contributed by atoms with Crippen LogP contribution in [0.1, 0.15) is 40.0 Å². The number of methoxy groups -OCH3 is 1. The predicted octanol–water partition coefficient (Wildman–Crippen LogP) is 2.19. The zero-order valence-corrected chi connectivity index (χ0v) is 9.50. The maximum absolute atomic E-state index is 11.6. The molecule has 0 radical (unpaired) electrons. The summed E-state index contributed by atoms with van der Waals surface area (Å²) in [6, 6.07) is 0. The van der Waals surface area contributed by atoms with Gasteiger partial charge in [-0.15, -0.1) is 0 Å². The second-order valence-corrected chi connectivity index (χ2v) is 3.78. The number of ether oxygens (including phenoxy) is 1. The first-order chi connectivity index (χ1) is 6.54. The Kier molecular flexibility index (Phi) is 6.17. The molecule has 0 aliphatic heterocycles. The van der Waals surface area contributed by atoms with Crippen molar-refractivity contribution in [1.82, 2.24) is 0 Å². The first kappa shape index (κ1) is 13.1. The fourth-order valence-electron chi connectivity index (χ4n) is 1.33. The smallest absolute Gasteiger partial charge is 0.316 e. The molecule has 0 aliphatic rings. The summed E-state index contributed by atoms with van der Waals surface area (Å²) in [7, 11) is 1.33. The number of carbonyl (C=O) groups excluding carboxylic acids is 2. The topological polar surface area (TPSA) is 43.4 Å². The molecule has 14 heavy (non-hydrogen) atoms. The average molecular weight is 200 g/mol. The van der Waals surface area contributed by atoms with E-state index in [-0.39, 0.29) is 11.7 Å². The summed E-state index contributed by atoms with van der Waals surface area (Å²) in [4.78, 5) is 23.0. The first-order valence-electron chi connectivity index (χ1n) is 5.16. The van der Waals surface area contributed by atoms with Crippen LogP contribution < -0.4 is 0 Å². The third-order valence-electron chi connectivity index (χ3n) is 2.24. The molecule has 0 spiro atoms. The lowest BCUT2D eigenvalue weighted by Gasteiger charge is -2.14. The summed E-state index contributed by atoms with van der Waals surface area (Å²) in [5.41, 5.74) is 0. The van der Waals surface area contributed by atoms with E-state index >= 15 is 0 Å². The van der Waals surface area contributed by atoms with Crippen molar-refractivity contribution in [3.63, 3.8) is 0 Å². The van der Waals surface area contributed by atoms with Crippen molar-refractivity contribution in [3.05, 3.63) is 0 Å². The average Bonchev–Trinajstić information content (AvgIpc) is 2.17. The van der Waals surface area contributed by atoms with Crippen molar-refractivity contribution in [3.8, 4) is 0 Å². The van der Waals surface area contributed by atoms with E-state index in [0.717, 1.165) is 12.8 Å². The number of hydrogen-bond donors (Lipinski definition) is 0. The molecule has 1 atom stereocenters. The SMILES string of the molecule is CCCCC(C(=O)OC)C(=O)C(C)C. The Bertz CT molecular complexity index is 197. The second kappa shape index (κ2) is 6.57.